The van der Waals surface area contributed by atoms with Crippen LogP contribution in [-0.2, 0) is 6.42 Å². The third kappa shape index (κ3) is 6.96. The molecule has 0 aromatic heterocycles. The Bertz CT molecular complexity index is 1920. The fourth-order valence-electron chi connectivity index (χ4n) is 5.21. The van der Waals surface area contributed by atoms with Gasteiger partial charge in [0.1, 0.15) is 29.1 Å². The first-order valence-corrected chi connectivity index (χ1v) is 14.4. The molecule has 5 aromatic carbocycles. The molecule has 0 saturated heterocycles. The molecule has 0 nitrogen and oxygen atoms in total. The van der Waals surface area contributed by atoms with Crippen molar-refractivity contribution in [2.75, 3.05) is 0 Å². The highest BCUT2D eigenvalue weighted by Crippen LogP contribution is 2.32. The van der Waals surface area contributed by atoms with E-state index in [1.165, 1.54) is 24.3 Å². The largest absolute Gasteiger partial charge is 0.206 e. The lowest BCUT2D eigenvalue weighted by Crippen LogP contribution is -1.95. The second-order valence-corrected chi connectivity index (χ2v) is 10.8. The lowest BCUT2D eigenvalue weighted by Gasteiger charge is -2.11. The van der Waals surface area contributed by atoms with Crippen molar-refractivity contribution in [2.24, 2.45) is 0 Å². The fourth-order valence-corrected chi connectivity index (χ4v) is 5.21. The molecule has 0 N–H and O–H groups in total. The summed E-state index contributed by atoms with van der Waals surface area (Å²) in [4.78, 5) is 0. The zero-order valence-corrected chi connectivity index (χ0v) is 24.5. The van der Waals surface area contributed by atoms with Crippen molar-refractivity contribution in [3.8, 4) is 45.2 Å². The van der Waals surface area contributed by atoms with Gasteiger partial charge in [-0.15, -0.1) is 0 Å². The van der Waals surface area contributed by atoms with Crippen LogP contribution in [-0.4, -0.2) is 0 Å². The van der Waals surface area contributed by atoms with Crippen LogP contribution < -0.4 is 0 Å². The first-order valence-electron chi connectivity index (χ1n) is 14.4. The predicted molar refractivity (Wildman–Crippen MR) is 163 cm³/mol. The highest BCUT2D eigenvalue weighted by Gasteiger charge is 2.16. The Morgan fingerprint density at radius 3 is 1.78 bits per heavy atom. The van der Waals surface area contributed by atoms with Crippen LogP contribution in [0.5, 0.6) is 0 Å². The summed E-state index contributed by atoms with van der Waals surface area (Å²) in [6, 6.07) is 16.1. The van der Waals surface area contributed by atoms with Crippen molar-refractivity contribution in [3.05, 3.63) is 142 Å². The monoisotopic (exact) mass is 616 g/mol. The normalized spacial score (nSPS) is 11.0. The van der Waals surface area contributed by atoms with Gasteiger partial charge in [-0.2, -0.15) is 0 Å². The average molecular weight is 617 g/mol. The van der Waals surface area contributed by atoms with Gasteiger partial charge in [0.2, 0.25) is 0 Å². The molecule has 7 heteroatoms. The van der Waals surface area contributed by atoms with E-state index in [9.17, 15) is 22.0 Å². The van der Waals surface area contributed by atoms with Crippen LogP contribution in [0.25, 0.3) is 33.4 Å². The molecule has 228 valence electrons. The van der Waals surface area contributed by atoms with Gasteiger partial charge in [-0.05, 0) is 96.1 Å². The minimum atomic E-state index is -1.25. The molecule has 0 aliphatic heterocycles. The first kappa shape index (κ1) is 31.6. The molecule has 0 bridgehead atoms. The van der Waals surface area contributed by atoms with Crippen LogP contribution in [0.15, 0.2) is 78.9 Å². The van der Waals surface area contributed by atoms with E-state index in [4.69, 9.17) is 0 Å². The maximum absolute atomic E-state index is 15.3. The molecule has 0 amide bonds. The van der Waals surface area contributed by atoms with E-state index in [1.807, 2.05) is 6.07 Å². The number of aryl methyl sites for hydroxylation is 2. The molecule has 0 aliphatic carbocycles. The molecule has 0 unspecified atom stereocenters. The summed E-state index contributed by atoms with van der Waals surface area (Å²) in [5, 5.41) is 0. The summed E-state index contributed by atoms with van der Waals surface area (Å²) in [5.74, 6) is -1.29. The lowest BCUT2D eigenvalue weighted by atomic mass is 9.95. The van der Waals surface area contributed by atoms with E-state index in [0.29, 0.717) is 17.2 Å². The molecule has 5 rings (SSSR count). The maximum atomic E-state index is 15.3. The van der Waals surface area contributed by atoms with Gasteiger partial charge in [0.15, 0.2) is 11.6 Å². The fraction of sp³-hybridized carbons (Fsp3) is 0.158. The van der Waals surface area contributed by atoms with Crippen LogP contribution in [0.4, 0.5) is 30.7 Å². The van der Waals surface area contributed by atoms with Crippen LogP contribution in [0.3, 0.4) is 0 Å². The van der Waals surface area contributed by atoms with Crippen molar-refractivity contribution >= 4 is 0 Å². The molecule has 0 spiro atoms. The molecule has 0 atom stereocenters. The quantitative estimate of drug-likeness (QED) is 0.0970. The van der Waals surface area contributed by atoms with E-state index in [-0.39, 0.29) is 33.4 Å². The third-order valence-corrected chi connectivity index (χ3v) is 7.56. The van der Waals surface area contributed by atoms with Gasteiger partial charge in [-0.3, -0.25) is 0 Å². The Morgan fingerprint density at radius 1 is 0.511 bits per heavy atom. The van der Waals surface area contributed by atoms with Crippen LogP contribution >= 0.6 is 0 Å². The van der Waals surface area contributed by atoms with Gasteiger partial charge >= 0.3 is 0 Å². The van der Waals surface area contributed by atoms with Crippen molar-refractivity contribution in [1.29, 1.82) is 0 Å². The van der Waals surface area contributed by atoms with Crippen molar-refractivity contribution in [1.82, 2.24) is 0 Å². The van der Waals surface area contributed by atoms with E-state index in [1.54, 1.807) is 19.1 Å². The minimum absolute atomic E-state index is 0.0534. The van der Waals surface area contributed by atoms with Crippen LogP contribution in [0, 0.1) is 59.5 Å². The highest BCUT2D eigenvalue weighted by molar-refractivity contribution is 5.73. The number of rotatable bonds is 7. The van der Waals surface area contributed by atoms with Gasteiger partial charge < -0.3 is 0 Å². The second kappa shape index (κ2) is 13.4. The molecular formula is C38H27F7. The number of hydrogen-bond donors (Lipinski definition) is 0. The van der Waals surface area contributed by atoms with Crippen LogP contribution in [0.2, 0.25) is 0 Å². The average Bonchev–Trinajstić information content (AvgIpc) is 2.98. The summed E-state index contributed by atoms with van der Waals surface area (Å²) in [7, 11) is 0. The van der Waals surface area contributed by atoms with Gasteiger partial charge in [0.25, 0.3) is 0 Å². The van der Waals surface area contributed by atoms with Gasteiger partial charge in [-0.25, -0.2) is 30.7 Å². The Balaban J connectivity index is 1.39. The Kier molecular flexibility index (Phi) is 9.43. The molecule has 45 heavy (non-hydrogen) atoms. The molecule has 0 fully saturated rings. The lowest BCUT2D eigenvalue weighted by molar-refractivity contribution is 0.508. The number of halogens is 7. The minimum Gasteiger partial charge on any atom is -0.206 e. The zero-order valence-electron chi connectivity index (χ0n) is 24.5. The van der Waals surface area contributed by atoms with Crippen molar-refractivity contribution in [2.45, 2.75) is 39.5 Å². The number of hydrogen-bond acceptors (Lipinski definition) is 0. The van der Waals surface area contributed by atoms with Gasteiger partial charge in [-0.1, -0.05) is 61.9 Å². The summed E-state index contributed by atoms with van der Waals surface area (Å²) in [6.07, 6.45) is 3.85. The Hall–Kier alpha value is -4.83. The van der Waals surface area contributed by atoms with E-state index < -0.39 is 46.3 Å². The molecule has 0 heterocycles. The zero-order chi connectivity index (χ0) is 32.2. The maximum Gasteiger partial charge on any atom is 0.159 e. The first-order chi connectivity index (χ1) is 21.5. The summed E-state index contributed by atoms with van der Waals surface area (Å²) in [5.41, 5.74) is 1.28. The van der Waals surface area contributed by atoms with Gasteiger partial charge in [0, 0.05) is 16.7 Å². The van der Waals surface area contributed by atoms with Gasteiger partial charge in [0.05, 0.1) is 11.1 Å². The molecule has 0 radical (unpaired) electrons. The van der Waals surface area contributed by atoms with E-state index in [2.05, 4.69) is 18.8 Å². The predicted octanol–water partition coefficient (Wildman–Crippen LogP) is 11.1. The van der Waals surface area contributed by atoms with E-state index in [0.717, 1.165) is 61.6 Å². The topological polar surface area (TPSA) is 0 Å². The summed E-state index contributed by atoms with van der Waals surface area (Å²) < 4.78 is 102. The Morgan fingerprint density at radius 2 is 1.13 bits per heavy atom. The molecule has 0 saturated carbocycles. The number of unbranched alkanes of at least 4 members (excludes halogenated alkanes) is 2. The molecule has 5 aromatic rings. The molecular weight excluding hydrogens is 589 g/mol. The summed E-state index contributed by atoms with van der Waals surface area (Å²) in [6.45, 7) is 3.66. The van der Waals surface area contributed by atoms with Crippen molar-refractivity contribution < 1.29 is 30.7 Å². The van der Waals surface area contributed by atoms with E-state index >= 15 is 8.78 Å². The highest BCUT2D eigenvalue weighted by atomic mass is 19.2. The number of benzene rings is 5. The standard InChI is InChI=1S/C38H27F7/c1-3-4-5-6-23-7-12-29(32(40)16-23)25-9-13-30(34(42)19-25)27-15-22(2)28(33(41)21-27)11-8-24-17-36(44)38(37(45)18-24)26-10-14-31(39)35(43)20-26/h7,9-10,12-21H,3-6H2,1-2H3. The Labute approximate surface area is 257 Å². The SMILES string of the molecule is CCCCCc1ccc(-c2ccc(-c3cc(C)c(C#Cc4cc(F)c(-c5ccc(F)c(F)c5)c(F)c4)c(F)c3)c(F)c2)c(F)c1. The molecule has 0 aliphatic rings. The van der Waals surface area contributed by atoms with Crippen molar-refractivity contribution in [3.63, 3.8) is 0 Å². The summed E-state index contributed by atoms with van der Waals surface area (Å²) >= 11 is 0. The van der Waals surface area contributed by atoms with Crippen LogP contribution in [0.1, 0.15) is 48.4 Å². The smallest absolute Gasteiger partial charge is 0.159 e. The third-order valence-electron chi connectivity index (χ3n) is 7.56. The second-order valence-electron chi connectivity index (χ2n) is 10.8.